The van der Waals surface area contributed by atoms with Gasteiger partial charge in [0, 0.05) is 0 Å². The Labute approximate surface area is 146 Å². The first-order chi connectivity index (χ1) is 12.2. The van der Waals surface area contributed by atoms with E-state index in [1.165, 1.54) is 5.39 Å². The molecule has 1 aliphatic rings. The lowest BCUT2D eigenvalue weighted by Crippen LogP contribution is -2.44. The van der Waals surface area contributed by atoms with Gasteiger partial charge in [-0.3, -0.25) is 4.79 Å². The third kappa shape index (κ3) is 3.15. The van der Waals surface area contributed by atoms with Gasteiger partial charge in [-0.05, 0) is 41.5 Å². The van der Waals surface area contributed by atoms with Gasteiger partial charge < -0.3 is 14.8 Å². The third-order valence-electron chi connectivity index (χ3n) is 4.43. The second-order valence-electron chi connectivity index (χ2n) is 6.20. The van der Waals surface area contributed by atoms with Crippen LogP contribution in [0.3, 0.4) is 0 Å². The van der Waals surface area contributed by atoms with Crippen LogP contribution in [0.2, 0.25) is 0 Å². The summed E-state index contributed by atoms with van der Waals surface area (Å²) in [7, 11) is 0. The van der Waals surface area contributed by atoms with Crippen LogP contribution in [0.25, 0.3) is 10.8 Å². The van der Waals surface area contributed by atoms with Gasteiger partial charge in [0.2, 0.25) is 6.10 Å². The smallest absolute Gasteiger partial charge is 0.265 e. The maximum atomic E-state index is 12.5. The van der Waals surface area contributed by atoms with Crippen LogP contribution >= 0.6 is 0 Å². The molecule has 2 atom stereocenters. The molecule has 1 N–H and O–H groups in total. The number of benzene rings is 3. The average molecular weight is 333 g/mol. The fourth-order valence-corrected chi connectivity index (χ4v) is 3.02. The van der Waals surface area contributed by atoms with Gasteiger partial charge >= 0.3 is 0 Å². The van der Waals surface area contributed by atoms with Gasteiger partial charge in [0.25, 0.3) is 5.91 Å². The number of ether oxygens (including phenoxy) is 2. The van der Waals surface area contributed by atoms with Crippen LogP contribution in [-0.4, -0.2) is 18.6 Å². The predicted octanol–water partition coefficient (Wildman–Crippen LogP) is 3.86. The summed E-state index contributed by atoms with van der Waals surface area (Å²) >= 11 is 0. The molecule has 126 valence electrons. The molecule has 1 amide bonds. The number of hydrogen-bond donors (Lipinski definition) is 1. The molecule has 0 saturated carbocycles. The number of nitrogens with one attached hydrogen (secondary N) is 1. The van der Waals surface area contributed by atoms with Crippen molar-refractivity contribution in [1.82, 2.24) is 5.32 Å². The third-order valence-corrected chi connectivity index (χ3v) is 4.43. The molecular formula is C21H19NO3. The molecule has 25 heavy (non-hydrogen) atoms. The van der Waals surface area contributed by atoms with E-state index in [1.807, 2.05) is 49.4 Å². The molecule has 4 heteroatoms. The molecule has 0 bridgehead atoms. The standard InChI is InChI=1S/C21H19NO3/c1-14(16-11-10-15-6-2-3-7-17(15)12-16)22-21(23)20-13-24-18-8-4-5-9-19(18)25-20/h2-12,14,20H,13H2,1H3,(H,22,23)/t14-,20-/m1/s1. The van der Waals surface area contributed by atoms with Crippen molar-refractivity contribution in [1.29, 1.82) is 0 Å². The largest absolute Gasteiger partial charge is 0.485 e. The van der Waals surface area contributed by atoms with E-state index < -0.39 is 6.10 Å². The highest BCUT2D eigenvalue weighted by Gasteiger charge is 2.28. The number of rotatable bonds is 3. The quantitative estimate of drug-likeness (QED) is 0.792. The number of para-hydroxylation sites is 2. The summed E-state index contributed by atoms with van der Waals surface area (Å²) in [6, 6.07) is 21.7. The van der Waals surface area contributed by atoms with Crippen molar-refractivity contribution in [2.45, 2.75) is 19.1 Å². The first kappa shape index (κ1) is 15.5. The van der Waals surface area contributed by atoms with Gasteiger partial charge in [0.05, 0.1) is 6.04 Å². The van der Waals surface area contributed by atoms with Gasteiger partial charge in [0.1, 0.15) is 6.61 Å². The van der Waals surface area contributed by atoms with E-state index in [0.29, 0.717) is 11.5 Å². The summed E-state index contributed by atoms with van der Waals surface area (Å²) in [6.45, 7) is 2.19. The van der Waals surface area contributed by atoms with E-state index in [4.69, 9.17) is 9.47 Å². The molecule has 4 rings (SSSR count). The summed E-state index contributed by atoms with van der Waals surface area (Å²) in [4.78, 5) is 12.5. The van der Waals surface area contributed by atoms with Crippen molar-refractivity contribution < 1.29 is 14.3 Å². The zero-order valence-electron chi connectivity index (χ0n) is 13.9. The van der Waals surface area contributed by atoms with E-state index >= 15 is 0 Å². The monoisotopic (exact) mass is 333 g/mol. The molecule has 0 radical (unpaired) electrons. The fraction of sp³-hybridized carbons (Fsp3) is 0.190. The van der Waals surface area contributed by atoms with Crippen LogP contribution in [0, 0.1) is 0 Å². The molecule has 4 nitrogen and oxygen atoms in total. The normalized spacial score (nSPS) is 17.1. The van der Waals surface area contributed by atoms with E-state index in [-0.39, 0.29) is 18.6 Å². The van der Waals surface area contributed by atoms with Crippen molar-refractivity contribution in [2.24, 2.45) is 0 Å². The van der Waals surface area contributed by atoms with Crippen LogP contribution in [0.4, 0.5) is 0 Å². The molecule has 3 aromatic rings. The molecule has 0 unspecified atom stereocenters. The first-order valence-corrected chi connectivity index (χ1v) is 8.38. The minimum Gasteiger partial charge on any atom is -0.485 e. The van der Waals surface area contributed by atoms with Gasteiger partial charge in [-0.25, -0.2) is 0 Å². The predicted molar refractivity (Wildman–Crippen MR) is 96.9 cm³/mol. The summed E-state index contributed by atoms with van der Waals surface area (Å²) in [6.07, 6.45) is -0.641. The number of hydrogen-bond acceptors (Lipinski definition) is 3. The molecule has 0 spiro atoms. The molecular weight excluding hydrogens is 314 g/mol. The Morgan fingerprint density at radius 3 is 2.56 bits per heavy atom. The summed E-state index contributed by atoms with van der Waals surface area (Å²) in [5, 5.41) is 5.36. The molecule has 0 aliphatic carbocycles. The number of carbonyl (C=O) groups is 1. The molecule has 0 fully saturated rings. The Kier molecular flexibility index (Phi) is 4.02. The Hall–Kier alpha value is -3.01. The van der Waals surface area contributed by atoms with Gasteiger partial charge in [-0.15, -0.1) is 0 Å². The lowest BCUT2D eigenvalue weighted by molar-refractivity contribution is -0.131. The van der Waals surface area contributed by atoms with Crippen LogP contribution < -0.4 is 14.8 Å². The fourth-order valence-electron chi connectivity index (χ4n) is 3.02. The van der Waals surface area contributed by atoms with Crippen molar-refractivity contribution in [3.63, 3.8) is 0 Å². The van der Waals surface area contributed by atoms with Crippen LogP contribution in [0.5, 0.6) is 11.5 Å². The maximum Gasteiger partial charge on any atom is 0.265 e. The Morgan fingerprint density at radius 2 is 1.72 bits per heavy atom. The van der Waals surface area contributed by atoms with E-state index in [2.05, 4.69) is 29.6 Å². The maximum absolute atomic E-state index is 12.5. The molecule has 0 aromatic heterocycles. The second-order valence-corrected chi connectivity index (χ2v) is 6.20. The Morgan fingerprint density at radius 1 is 1.00 bits per heavy atom. The lowest BCUT2D eigenvalue weighted by atomic mass is 10.0. The lowest BCUT2D eigenvalue weighted by Gasteiger charge is -2.27. The Bertz CT molecular complexity index is 922. The molecule has 1 heterocycles. The van der Waals surface area contributed by atoms with Crippen molar-refractivity contribution in [3.8, 4) is 11.5 Å². The van der Waals surface area contributed by atoms with Crippen LogP contribution in [0.15, 0.2) is 66.7 Å². The zero-order chi connectivity index (χ0) is 17.2. The second kappa shape index (κ2) is 6.48. The highest BCUT2D eigenvalue weighted by atomic mass is 16.6. The number of fused-ring (bicyclic) bond motifs is 2. The van der Waals surface area contributed by atoms with Crippen LogP contribution in [0.1, 0.15) is 18.5 Å². The first-order valence-electron chi connectivity index (χ1n) is 8.38. The molecule has 3 aromatic carbocycles. The van der Waals surface area contributed by atoms with Crippen LogP contribution in [-0.2, 0) is 4.79 Å². The summed E-state index contributed by atoms with van der Waals surface area (Å²) in [5.41, 5.74) is 1.06. The summed E-state index contributed by atoms with van der Waals surface area (Å²) < 4.78 is 11.4. The molecule has 0 saturated heterocycles. The molecule has 1 aliphatic heterocycles. The minimum atomic E-state index is -0.641. The topological polar surface area (TPSA) is 47.6 Å². The van der Waals surface area contributed by atoms with Crippen molar-refractivity contribution in [2.75, 3.05) is 6.61 Å². The van der Waals surface area contributed by atoms with Crippen molar-refractivity contribution in [3.05, 3.63) is 72.3 Å². The van der Waals surface area contributed by atoms with E-state index in [1.54, 1.807) is 0 Å². The van der Waals surface area contributed by atoms with E-state index in [9.17, 15) is 4.79 Å². The Balaban J connectivity index is 1.46. The number of carbonyl (C=O) groups excluding carboxylic acids is 1. The van der Waals surface area contributed by atoms with Crippen molar-refractivity contribution >= 4 is 16.7 Å². The zero-order valence-corrected chi connectivity index (χ0v) is 13.9. The highest BCUT2D eigenvalue weighted by molar-refractivity contribution is 5.84. The summed E-state index contributed by atoms with van der Waals surface area (Å²) in [5.74, 6) is 1.11. The average Bonchev–Trinajstić information content (AvgIpc) is 2.67. The van der Waals surface area contributed by atoms with E-state index in [0.717, 1.165) is 10.9 Å². The number of amides is 1. The highest BCUT2D eigenvalue weighted by Crippen LogP contribution is 2.31. The minimum absolute atomic E-state index is 0.113. The SMILES string of the molecule is C[C@@H](NC(=O)[C@H]1COc2ccccc2O1)c1ccc2ccccc2c1. The van der Waals surface area contributed by atoms with Gasteiger partial charge in [-0.1, -0.05) is 48.5 Å². The van der Waals surface area contributed by atoms with Gasteiger partial charge in [-0.2, -0.15) is 0 Å². The van der Waals surface area contributed by atoms with Gasteiger partial charge in [0.15, 0.2) is 11.5 Å².